The quantitative estimate of drug-likeness (QED) is 0.697. The lowest BCUT2D eigenvalue weighted by Crippen LogP contribution is -2.49. The molecular weight excluding hydrogens is 424 g/mol. The minimum Gasteiger partial charge on any atom is -0.503 e. The van der Waals surface area contributed by atoms with Crippen molar-refractivity contribution in [3.8, 4) is 5.75 Å². The number of amides is 2. The predicted molar refractivity (Wildman–Crippen MR) is 109 cm³/mol. The highest BCUT2D eigenvalue weighted by Gasteiger charge is 2.41. The number of carbonyl (C=O) groups excluding carboxylic acids is 2. The summed E-state index contributed by atoms with van der Waals surface area (Å²) in [6.07, 6.45) is 2.56. The van der Waals surface area contributed by atoms with Crippen LogP contribution in [0.5, 0.6) is 5.75 Å². The van der Waals surface area contributed by atoms with E-state index in [1.807, 2.05) is 0 Å². The van der Waals surface area contributed by atoms with E-state index in [4.69, 9.17) is 6.11 Å². The van der Waals surface area contributed by atoms with Gasteiger partial charge in [-0.15, -0.1) is 0 Å². The number of fused-ring (bicyclic) bond motifs is 4. The number of nitrogens with one attached hydrogen (secondary N) is 1. The second kappa shape index (κ2) is 8.19. The zero-order valence-electron chi connectivity index (χ0n) is 18.3. The van der Waals surface area contributed by atoms with Crippen molar-refractivity contribution in [2.24, 2.45) is 0 Å². The van der Waals surface area contributed by atoms with Crippen LogP contribution in [-0.4, -0.2) is 52.2 Å². The number of rotatable bonds is 4. The van der Waals surface area contributed by atoms with Crippen molar-refractivity contribution in [1.29, 1.82) is 0 Å². The third-order valence-corrected chi connectivity index (χ3v) is 5.67. The molecule has 0 radical (unpaired) electrons. The fourth-order valence-electron chi connectivity index (χ4n) is 3.90. The second-order valence-electron chi connectivity index (χ2n) is 7.57. The van der Waals surface area contributed by atoms with Gasteiger partial charge in [0, 0.05) is 44.1 Å². The van der Waals surface area contributed by atoms with Gasteiger partial charge in [0.25, 0.3) is 11.8 Å². The standard InChI is InChI=1S/C22H21F2N3O5/c1-11-3-6-17(32-2)16-10-26(11)22(31)18-20(29)19(28)14(9-27(16)18)21(30)25-8-12-4-5-13(23)7-15(12)24/h3-7,9,11,16-17,29H,8,10H2,1-2H3,(H,25,30)/t11-,16+,17-/m0/s1/i17D. The lowest BCUT2D eigenvalue weighted by atomic mass is 10.0. The van der Waals surface area contributed by atoms with E-state index in [2.05, 4.69) is 5.32 Å². The molecule has 0 spiro atoms. The molecule has 3 atom stereocenters. The summed E-state index contributed by atoms with van der Waals surface area (Å²) in [6.45, 7) is 1.43. The normalized spacial score (nSPS) is 24.6. The van der Waals surface area contributed by atoms with Crippen LogP contribution in [0.1, 0.15) is 40.7 Å². The number of aromatic hydroxyl groups is 1. The largest absolute Gasteiger partial charge is 0.503 e. The highest BCUT2D eigenvalue weighted by molar-refractivity contribution is 5.99. The van der Waals surface area contributed by atoms with Crippen LogP contribution in [0.2, 0.25) is 0 Å². The SMILES string of the molecule is [2H][C@]1(OC)C=C[C@H](C)N2C[C@H]1n1cc(C(=O)NCc3ccc(F)cc3F)c(=O)c(O)c1C2=O. The van der Waals surface area contributed by atoms with Crippen molar-refractivity contribution < 1.29 is 29.6 Å². The summed E-state index contributed by atoms with van der Waals surface area (Å²) >= 11 is 0. The highest BCUT2D eigenvalue weighted by Crippen LogP contribution is 2.33. The van der Waals surface area contributed by atoms with Gasteiger partial charge in [-0.05, 0) is 13.0 Å². The molecule has 0 unspecified atom stereocenters. The zero-order chi connectivity index (χ0) is 24.1. The average Bonchev–Trinajstić information content (AvgIpc) is 2.89. The fraction of sp³-hybridized carbons (Fsp3) is 0.318. The average molecular weight is 446 g/mol. The molecule has 32 heavy (non-hydrogen) atoms. The Balaban J connectivity index is 1.75. The molecule has 2 aliphatic rings. The minimum absolute atomic E-state index is 0.00898. The molecule has 10 heteroatoms. The zero-order valence-corrected chi connectivity index (χ0v) is 17.3. The number of methoxy groups -OCH3 is 1. The van der Waals surface area contributed by atoms with Gasteiger partial charge < -0.3 is 24.6 Å². The van der Waals surface area contributed by atoms with Gasteiger partial charge in [-0.3, -0.25) is 14.4 Å². The molecule has 8 nitrogen and oxygen atoms in total. The number of hydrogen-bond acceptors (Lipinski definition) is 5. The van der Waals surface area contributed by atoms with Gasteiger partial charge in [-0.2, -0.15) is 0 Å². The first kappa shape index (κ1) is 20.4. The van der Waals surface area contributed by atoms with Crippen LogP contribution >= 0.6 is 0 Å². The number of benzene rings is 1. The maximum absolute atomic E-state index is 13.9. The monoisotopic (exact) mass is 446 g/mol. The van der Waals surface area contributed by atoms with Crippen molar-refractivity contribution in [2.75, 3.05) is 13.7 Å². The number of carbonyl (C=O) groups is 2. The number of pyridine rings is 1. The van der Waals surface area contributed by atoms with Gasteiger partial charge >= 0.3 is 0 Å². The van der Waals surface area contributed by atoms with E-state index in [0.717, 1.165) is 18.3 Å². The van der Waals surface area contributed by atoms with Crippen molar-refractivity contribution >= 4 is 11.8 Å². The van der Waals surface area contributed by atoms with Crippen LogP contribution in [0.3, 0.4) is 0 Å². The Bertz CT molecular complexity index is 1250. The number of aromatic nitrogens is 1. The smallest absolute Gasteiger partial charge is 0.275 e. The van der Waals surface area contributed by atoms with Crippen molar-refractivity contribution in [3.63, 3.8) is 0 Å². The number of halogens is 2. The lowest BCUT2D eigenvalue weighted by molar-refractivity contribution is 0.0435. The number of hydrogen-bond donors (Lipinski definition) is 2. The molecule has 0 saturated carbocycles. The maximum Gasteiger partial charge on any atom is 0.275 e. The van der Waals surface area contributed by atoms with Crippen LogP contribution < -0.4 is 10.7 Å². The van der Waals surface area contributed by atoms with E-state index in [-0.39, 0.29) is 24.3 Å². The van der Waals surface area contributed by atoms with Gasteiger partial charge in [-0.25, -0.2) is 8.78 Å². The Kier molecular flexibility index (Phi) is 5.22. The van der Waals surface area contributed by atoms with E-state index in [1.165, 1.54) is 22.7 Å². The van der Waals surface area contributed by atoms with E-state index in [0.29, 0.717) is 6.07 Å². The molecule has 0 saturated heterocycles. The Labute approximate surface area is 183 Å². The molecule has 2 aliphatic heterocycles. The van der Waals surface area contributed by atoms with Crippen molar-refractivity contribution in [1.82, 2.24) is 14.8 Å². The van der Waals surface area contributed by atoms with E-state index >= 15 is 0 Å². The third-order valence-electron chi connectivity index (χ3n) is 5.67. The van der Waals surface area contributed by atoms with Crippen LogP contribution in [0.25, 0.3) is 0 Å². The molecule has 3 heterocycles. The number of nitrogens with zero attached hydrogens (tertiary/aromatic N) is 2. The Morgan fingerprint density at radius 1 is 1.34 bits per heavy atom. The molecule has 0 aliphatic carbocycles. The molecule has 2 bridgehead atoms. The summed E-state index contributed by atoms with van der Waals surface area (Å²) in [5.74, 6) is -4.14. The van der Waals surface area contributed by atoms with Crippen LogP contribution in [0.15, 0.2) is 41.3 Å². The number of ether oxygens (including phenoxy) is 1. The fourth-order valence-corrected chi connectivity index (χ4v) is 3.90. The van der Waals surface area contributed by atoms with Gasteiger partial charge in [0.05, 0.1) is 13.5 Å². The molecule has 1 aromatic carbocycles. The Morgan fingerprint density at radius 2 is 2.09 bits per heavy atom. The summed E-state index contributed by atoms with van der Waals surface area (Å²) in [4.78, 5) is 39.9. The molecule has 0 fully saturated rings. The van der Waals surface area contributed by atoms with E-state index in [1.54, 1.807) is 13.0 Å². The molecule has 2 aromatic rings. The van der Waals surface area contributed by atoms with Crippen molar-refractivity contribution in [3.05, 3.63) is 75.2 Å². The first-order chi connectivity index (χ1) is 15.6. The van der Waals surface area contributed by atoms with E-state index in [9.17, 15) is 28.3 Å². The van der Waals surface area contributed by atoms with Crippen molar-refractivity contribution in [2.45, 2.75) is 31.6 Å². The summed E-state index contributed by atoms with van der Waals surface area (Å²) in [7, 11) is 1.32. The first-order valence-electron chi connectivity index (χ1n) is 10.3. The molecule has 168 valence electrons. The predicted octanol–water partition coefficient (Wildman–Crippen LogP) is 1.73. The van der Waals surface area contributed by atoms with Crippen LogP contribution in [0.4, 0.5) is 8.78 Å². The van der Waals surface area contributed by atoms with Gasteiger partial charge in [0.15, 0.2) is 11.4 Å². The minimum atomic E-state index is -1.65. The molecule has 2 N–H and O–H groups in total. The topological polar surface area (TPSA) is 101 Å². The molecular formula is C22H21F2N3O5. The lowest BCUT2D eigenvalue weighted by Gasteiger charge is -2.38. The Morgan fingerprint density at radius 3 is 2.78 bits per heavy atom. The summed E-state index contributed by atoms with van der Waals surface area (Å²) < 4.78 is 42.3. The van der Waals surface area contributed by atoms with Gasteiger partial charge in [0.1, 0.15) is 17.2 Å². The summed E-state index contributed by atoms with van der Waals surface area (Å²) in [6, 6.07) is 1.56. The van der Waals surface area contributed by atoms with E-state index < -0.39 is 58.4 Å². The molecule has 2 amide bonds. The van der Waals surface area contributed by atoms with Gasteiger partial charge in [-0.1, -0.05) is 18.2 Å². The summed E-state index contributed by atoms with van der Waals surface area (Å²) in [5.41, 5.74) is -1.94. The first-order valence-corrected chi connectivity index (χ1v) is 9.83. The summed E-state index contributed by atoms with van der Waals surface area (Å²) in [5, 5.41) is 13.0. The second-order valence-corrected chi connectivity index (χ2v) is 7.57. The third kappa shape index (κ3) is 3.56. The highest BCUT2D eigenvalue weighted by atomic mass is 19.1. The van der Waals surface area contributed by atoms with Crippen LogP contribution in [-0.2, 0) is 11.3 Å². The Hall–Kier alpha value is -3.53. The van der Waals surface area contributed by atoms with Gasteiger partial charge in [0.2, 0.25) is 5.43 Å². The molecule has 1 aromatic heterocycles. The molecule has 4 rings (SSSR count). The maximum atomic E-state index is 13.9. The van der Waals surface area contributed by atoms with Crippen LogP contribution in [0, 0.1) is 11.6 Å².